The normalized spacial score (nSPS) is 18.5. The van der Waals surface area contributed by atoms with Crippen LogP contribution in [0.15, 0.2) is 47.0 Å². The second kappa shape index (κ2) is 12.1. The standard InChI is InChI=1S/C23H23FN10O6S2/c24-4-7-40-30-15(18-29-23(26)42-31-18)19(36)28-16-20(37)34-17(22(38)39)11(10-41-21(16)34)9-32-5-6-33-12(27-13(35)8-25)2-1-3-14(32)33/h1-3,5-6,16,21H,4,7-10,25H2,(H4,26,28,29,31,36,38,39)/b30-15-/t16-,21-/m1/s1. The number of carboxylic acids is 1. The van der Waals surface area contributed by atoms with Crippen LogP contribution in [-0.4, -0.2) is 85.1 Å². The number of aliphatic carboxylic acids is 1. The van der Waals surface area contributed by atoms with E-state index >= 15 is 0 Å². The van der Waals surface area contributed by atoms with E-state index < -0.39 is 48.2 Å². The smallest absolute Gasteiger partial charge is 0.288 e. The second-order valence-corrected chi connectivity index (χ2v) is 10.7. The Morgan fingerprint density at radius 3 is 2.83 bits per heavy atom. The second-order valence-electron chi connectivity index (χ2n) is 8.84. The maximum Gasteiger partial charge on any atom is 0.288 e. The van der Waals surface area contributed by atoms with Crippen molar-refractivity contribution in [3.8, 4) is 0 Å². The fourth-order valence-electron chi connectivity index (χ4n) is 4.42. The number of alkyl halides is 1. The van der Waals surface area contributed by atoms with E-state index in [1.165, 1.54) is 11.8 Å². The van der Waals surface area contributed by atoms with Gasteiger partial charge in [-0.2, -0.15) is 13.8 Å². The first kappa shape index (κ1) is 28.9. The number of hydrogen-bond acceptors (Lipinski definition) is 13. The van der Waals surface area contributed by atoms with Crippen LogP contribution in [0.4, 0.5) is 15.3 Å². The zero-order valence-corrected chi connectivity index (χ0v) is 23.2. The SMILES string of the molecule is NCC(=O)Nc1cccc2n1cc[n+]2CC1=C(C(=O)[O-])N2C(=O)[C@@H](NC(=O)/C(=N\OCCF)c3nsc(N)n3)[C@H]2SC1. The molecule has 0 aromatic carbocycles. The molecule has 220 valence electrons. The lowest BCUT2D eigenvalue weighted by atomic mass is 10.0. The van der Waals surface area contributed by atoms with Crippen LogP contribution in [0.25, 0.3) is 5.65 Å². The van der Waals surface area contributed by atoms with Gasteiger partial charge < -0.3 is 31.5 Å². The molecular weight excluding hydrogens is 595 g/mol. The van der Waals surface area contributed by atoms with Crippen molar-refractivity contribution < 1.29 is 38.1 Å². The van der Waals surface area contributed by atoms with Gasteiger partial charge in [0, 0.05) is 35.0 Å². The Balaban J connectivity index is 1.36. The lowest BCUT2D eigenvalue weighted by Gasteiger charge is -2.50. The predicted molar refractivity (Wildman–Crippen MR) is 145 cm³/mol. The van der Waals surface area contributed by atoms with Gasteiger partial charge in [0.05, 0.1) is 18.2 Å². The van der Waals surface area contributed by atoms with Gasteiger partial charge in [-0.1, -0.05) is 5.16 Å². The number of carbonyl (C=O) groups excluding carboxylic acids is 4. The number of amides is 3. The molecule has 2 atom stereocenters. The van der Waals surface area contributed by atoms with Gasteiger partial charge in [0.1, 0.15) is 43.6 Å². The molecule has 5 rings (SSSR count). The zero-order valence-electron chi connectivity index (χ0n) is 21.6. The Labute approximate surface area is 244 Å². The molecular formula is C23H23FN10O6S2. The third-order valence-electron chi connectivity index (χ3n) is 6.23. The number of anilines is 2. The molecule has 3 amide bonds. The first-order valence-corrected chi connectivity index (χ1v) is 14.1. The van der Waals surface area contributed by atoms with Gasteiger partial charge in [-0.3, -0.25) is 24.6 Å². The molecule has 2 aliphatic rings. The number of hydrogen-bond donors (Lipinski definition) is 4. The van der Waals surface area contributed by atoms with Crippen LogP contribution in [0.2, 0.25) is 0 Å². The van der Waals surface area contributed by atoms with Gasteiger partial charge >= 0.3 is 0 Å². The summed E-state index contributed by atoms with van der Waals surface area (Å²) in [6.45, 7) is -1.37. The fraction of sp³-hybridized carbons (Fsp3) is 0.304. The number of nitrogens with two attached hydrogens (primary N) is 2. The third kappa shape index (κ3) is 5.48. The van der Waals surface area contributed by atoms with E-state index in [9.17, 15) is 28.7 Å². The van der Waals surface area contributed by atoms with Crippen LogP contribution in [-0.2, 0) is 30.6 Å². The van der Waals surface area contributed by atoms with Gasteiger partial charge in [-0.15, -0.1) is 11.8 Å². The first-order chi connectivity index (χ1) is 20.2. The largest absolute Gasteiger partial charge is 0.543 e. The number of nitrogen functional groups attached to an aromatic ring is 1. The average molecular weight is 619 g/mol. The summed E-state index contributed by atoms with van der Waals surface area (Å²) in [5, 5.41) is 20.4. The molecule has 0 saturated carbocycles. The lowest BCUT2D eigenvalue weighted by Crippen LogP contribution is -2.71. The summed E-state index contributed by atoms with van der Waals surface area (Å²) in [5.41, 5.74) is 11.3. The molecule has 0 aliphatic carbocycles. The van der Waals surface area contributed by atoms with Gasteiger partial charge in [-0.05, 0) is 6.07 Å². The number of halogens is 1. The molecule has 0 bridgehead atoms. The minimum absolute atomic E-state index is 0.0476. The van der Waals surface area contributed by atoms with E-state index in [2.05, 4.69) is 25.1 Å². The number of pyridine rings is 1. The van der Waals surface area contributed by atoms with Crippen molar-refractivity contribution in [3.05, 3.63) is 47.7 Å². The minimum Gasteiger partial charge on any atom is -0.543 e. The van der Waals surface area contributed by atoms with Gasteiger partial charge in [0.2, 0.25) is 23.3 Å². The average Bonchev–Trinajstić information content (AvgIpc) is 3.60. The number of fused-ring (bicyclic) bond motifs is 2. The molecule has 1 saturated heterocycles. The third-order valence-corrected chi connectivity index (χ3v) is 8.11. The molecule has 0 unspecified atom stereocenters. The Bertz CT molecular complexity index is 1640. The molecule has 1 fully saturated rings. The molecule has 3 aromatic rings. The molecule has 42 heavy (non-hydrogen) atoms. The first-order valence-electron chi connectivity index (χ1n) is 12.3. The summed E-state index contributed by atoms with van der Waals surface area (Å²) in [6.07, 6.45) is 3.40. The molecule has 2 aliphatic heterocycles. The summed E-state index contributed by atoms with van der Waals surface area (Å²) in [4.78, 5) is 59.9. The van der Waals surface area contributed by atoms with Gasteiger partial charge in [-0.25, -0.2) is 8.96 Å². The highest BCUT2D eigenvalue weighted by Gasteiger charge is 2.53. The highest BCUT2D eigenvalue weighted by Crippen LogP contribution is 2.40. The van der Waals surface area contributed by atoms with Crippen molar-refractivity contribution in [2.24, 2.45) is 10.9 Å². The molecule has 0 radical (unpaired) electrons. The summed E-state index contributed by atoms with van der Waals surface area (Å²) >= 11 is 2.05. The Kier molecular flexibility index (Phi) is 8.31. The van der Waals surface area contributed by atoms with Crippen molar-refractivity contribution in [3.63, 3.8) is 0 Å². The lowest BCUT2D eigenvalue weighted by molar-refractivity contribution is -0.662. The van der Waals surface area contributed by atoms with Crippen LogP contribution in [0, 0.1) is 0 Å². The maximum absolute atomic E-state index is 13.1. The number of carbonyl (C=O) groups is 4. The number of rotatable bonds is 11. The Morgan fingerprint density at radius 1 is 1.33 bits per heavy atom. The summed E-state index contributed by atoms with van der Waals surface area (Å²) in [5.74, 6) is -2.97. The number of nitrogens with one attached hydrogen (secondary N) is 2. The van der Waals surface area contributed by atoms with Crippen molar-refractivity contribution >= 4 is 69.3 Å². The highest BCUT2D eigenvalue weighted by molar-refractivity contribution is 8.00. The number of nitrogens with zero attached hydrogens (tertiary/aromatic N) is 6. The molecule has 19 heteroatoms. The predicted octanol–water partition coefficient (Wildman–Crippen LogP) is -2.65. The topological polar surface area (TPSA) is 226 Å². The number of oxime groups is 1. The molecule has 0 spiro atoms. The number of aromatic nitrogens is 4. The molecule has 3 aromatic heterocycles. The van der Waals surface area contributed by atoms with Gasteiger partial charge in [0.25, 0.3) is 17.5 Å². The van der Waals surface area contributed by atoms with Crippen LogP contribution in [0.5, 0.6) is 0 Å². The number of β-lactam (4-membered cyclic amide) rings is 1. The van der Waals surface area contributed by atoms with E-state index in [1.807, 2.05) is 0 Å². The molecule has 16 nitrogen and oxygen atoms in total. The minimum atomic E-state index is -1.54. The van der Waals surface area contributed by atoms with E-state index in [-0.39, 0.29) is 41.4 Å². The van der Waals surface area contributed by atoms with Crippen LogP contribution < -0.4 is 31.8 Å². The summed E-state index contributed by atoms with van der Waals surface area (Å²) < 4.78 is 19.9. The fourth-order valence-corrected chi connectivity index (χ4v) is 6.19. The van der Waals surface area contributed by atoms with Crippen molar-refractivity contribution in [1.82, 2.24) is 24.0 Å². The van der Waals surface area contributed by atoms with Crippen molar-refractivity contribution in [2.75, 3.05) is 36.6 Å². The van der Waals surface area contributed by atoms with Gasteiger partial charge in [0.15, 0.2) is 5.13 Å². The van der Waals surface area contributed by atoms with E-state index in [4.69, 9.17) is 16.3 Å². The van der Waals surface area contributed by atoms with Crippen LogP contribution in [0.3, 0.4) is 0 Å². The zero-order chi connectivity index (χ0) is 30.0. The van der Waals surface area contributed by atoms with Crippen LogP contribution in [0.1, 0.15) is 5.82 Å². The quantitative estimate of drug-likeness (QED) is 0.0571. The molecule has 6 N–H and O–H groups in total. The summed E-state index contributed by atoms with van der Waals surface area (Å²) in [6, 6.07) is 4.09. The van der Waals surface area contributed by atoms with Crippen molar-refractivity contribution in [2.45, 2.75) is 18.0 Å². The highest BCUT2D eigenvalue weighted by atomic mass is 32.2. The van der Waals surface area contributed by atoms with E-state index in [0.717, 1.165) is 16.4 Å². The monoisotopic (exact) mass is 618 g/mol. The Morgan fingerprint density at radius 2 is 2.14 bits per heavy atom. The molecule has 5 heterocycles. The van der Waals surface area contributed by atoms with E-state index in [1.54, 1.807) is 39.6 Å². The number of thioether (sulfide) groups is 1. The van der Waals surface area contributed by atoms with E-state index in [0.29, 0.717) is 17.0 Å². The number of imidazole rings is 1. The maximum atomic E-state index is 13.1. The van der Waals surface area contributed by atoms with Crippen molar-refractivity contribution in [1.29, 1.82) is 0 Å². The summed E-state index contributed by atoms with van der Waals surface area (Å²) in [7, 11) is 0. The Hall–Kier alpha value is -4.62. The van der Waals surface area contributed by atoms with Crippen LogP contribution >= 0.6 is 23.3 Å². The number of carboxylic acid groups (broad SMARTS) is 1.